The Morgan fingerprint density at radius 2 is 0.941 bits per heavy atom. The highest BCUT2D eigenvalue weighted by atomic mass is 32.1. The van der Waals surface area contributed by atoms with E-state index in [1.165, 1.54) is 20.2 Å². The Hall–Kier alpha value is -6.63. The molecule has 0 radical (unpaired) electrons. The van der Waals surface area contributed by atoms with E-state index in [0.717, 1.165) is 71.7 Å². The number of nitrogens with zero attached hydrogens (tertiary/aromatic N) is 3. The zero-order valence-electron chi connectivity index (χ0n) is 27.0. The third kappa shape index (κ3) is 4.50. The SMILES string of the molecule is c1ccc(-c2nc(-c3ccc4c(c3)sc3ccccc34)nc(-c3cccc4c3oc3cc(-c5ccc6c(c5)oc5ccccc56)ccc34)n2)cc1. The highest BCUT2D eigenvalue weighted by molar-refractivity contribution is 7.25. The van der Waals surface area contributed by atoms with E-state index < -0.39 is 0 Å². The van der Waals surface area contributed by atoms with E-state index in [9.17, 15) is 0 Å². The smallest absolute Gasteiger partial charge is 0.167 e. The molecule has 51 heavy (non-hydrogen) atoms. The molecule has 0 amide bonds. The summed E-state index contributed by atoms with van der Waals surface area (Å²) in [7, 11) is 0. The van der Waals surface area contributed by atoms with Gasteiger partial charge in [-0.1, -0.05) is 103 Å². The van der Waals surface area contributed by atoms with Gasteiger partial charge in [0.25, 0.3) is 0 Å². The largest absolute Gasteiger partial charge is 0.456 e. The van der Waals surface area contributed by atoms with Crippen LogP contribution in [0.2, 0.25) is 0 Å². The lowest BCUT2D eigenvalue weighted by atomic mass is 10.0. The number of thiophene rings is 1. The van der Waals surface area contributed by atoms with Gasteiger partial charge in [-0.2, -0.15) is 0 Å². The van der Waals surface area contributed by atoms with E-state index in [1.807, 2.05) is 60.7 Å². The van der Waals surface area contributed by atoms with Crippen molar-refractivity contribution in [3.8, 4) is 45.3 Å². The number of benzene rings is 7. The maximum absolute atomic E-state index is 6.70. The number of rotatable bonds is 4. The Bertz CT molecular complexity index is 3160. The quantitative estimate of drug-likeness (QED) is 0.186. The van der Waals surface area contributed by atoms with Gasteiger partial charge < -0.3 is 8.83 Å². The van der Waals surface area contributed by atoms with Crippen LogP contribution in [-0.2, 0) is 0 Å². The van der Waals surface area contributed by atoms with Crippen LogP contribution in [-0.4, -0.2) is 15.0 Å². The lowest BCUT2D eigenvalue weighted by Crippen LogP contribution is -2.00. The van der Waals surface area contributed by atoms with Crippen molar-refractivity contribution in [2.45, 2.75) is 0 Å². The number of aromatic nitrogens is 3. The third-order valence-corrected chi connectivity index (χ3v) is 10.9. The monoisotopic (exact) mass is 671 g/mol. The summed E-state index contributed by atoms with van der Waals surface area (Å²) in [6.07, 6.45) is 0. The van der Waals surface area contributed by atoms with Gasteiger partial charge in [0.15, 0.2) is 17.5 Å². The van der Waals surface area contributed by atoms with Crippen molar-refractivity contribution in [3.63, 3.8) is 0 Å². The minimum atomic E-state index is 0.565. The van der Waals surface area contributed by atoms with E-state index in [4.69, 9.17) is 23.8 Å². The van der Waals surface area contributed by atoms with E-state index in [0.29, 0.717) is 17.5 Å². The molecule has 0 aliphatic carbocycles. The van der Waals surface area contributed by atoms with Crippen LogP contribution in [0.15, 0.2) is 160 Å². The van der Waals surface area contributed by atoms with Crippen LogP contribution >= 0.6 is 11.3 Å². The molecule has 0 aliphatic rings. The van der Waals surface area contributed by atoms with Gasteiger partial charge in [0.05, 0.1) is 5.56 Å². The molecule has 0 bridgehead atoms. The molecule has 11 rings (SSSR count). The average Bonchev–Trinajstić information content (AvgIpc) is 3.88. The summed E-state index contributed by atoms with van der Waals surface area (Å²) in [6.45, 7) is 0. The Kier molecular flexibility index (Phi) is 6.05. The van der Waals surface area contributed by atoms with Crippen LogP contribution in [0.25, 0.3) is 109 Å². The molecule has 0 N–H and O–H groups in total. The molecule has 6 heteroatoms. The van der Waals surface area contributed by atoms with Crippen molar-refractivity contribution in [2.24, 2.45) is 0 Å². The van der Waals surface area contributed by atoms with Crippen molar-refractivity contribution < 1.29 is 8.83 Å². The lowest BCUT2D eigenvalue weighted by molar-refractivity contribution is 0.668. The van der Waals surface area contributed by atoms with Crippen LogP contribution in [0.1, 0.15) is 0 Å². The first-order valence-corrected chi connectivity index (χ1v) is 17.7. The first kappa shape index (κ1) is 28.2. The van der Waals surface area contributed by atoms with Crippen LogP contribution in [0.4, 0.5) is 0 Å². The molecular formula is C45H25N3O2S. The fourth-order valence-corrected chi connectivity index (χ4v) is 8.41. The summed E-state index contributed by atoms with van der Waals surface area (Å²) < 4.78 is 15.4. The predicted molar refractivity (Wildman–Crippen MR) is 209 cm³/mol. The molecule has 0 fully saturated rings. The van der Waals surface area contributed by atoms with Crippen molar-refractivity contribution in [2.75, 3.05) is 0 Å². The molecule has 0 unspecified atom stereocenters. The molecule has 0 aliphatic heterocycles. The summed E-state index contributed by atoms with van der Waals surface area (Å²) >= 11 is 1.79. The number of fused-ring (bicyclic) bond motifs is 9. The van der Waals surface area contributed by atoms with Crippen LogP contribution in [0, 0.1) is 0 Å². The third-order valence-electron chi connectivity index (χ3n) is 9.76. The van der Waals surface area contributed by atoms with Gasteiger partial charge in [-0.3, -0.25) is 0 Å². The molecule has 5 nitrogen and oxygen atoms in total. The number of furan rings is 2. The van der Waals surface area contributed by atoms with Crippen LogP contribution in [0.3, 0.4) is 0 Å². The average molecular weight is 672 g/mol. The summed E-state index contributed by atoms with van der Waals surface area (Å²) in [6, 6.07) is 52.2. The van der Waals surface area contributed by atoms with Gasteiger partial charge in [-0.15, -0.1) is 11.3 Å². The van der Waals surface area contributed by atoms with Gasteiger partial charge >= 0.3 is 0 Å². The second kappa shape index (κ2) is 10.9. The Balaban J connectivity index is 1.06. The zero-order chi connectivity index (χ0) is 33.5. The van der Waals surface area contributed by atoms with Gasteiger partial charge in [0.1, 0.15) is 22.3 Å². The second-order valence-corrected chi connectivity index (χ2v) is 13.9. The predicted octanol–water partition coefficient (Wildman–Crippen LogP) is 12.7. The topological polar surface area (TPSA) is 65.0 Å². The van der Waals surface area contributed by atoms with Gasteiger partial charge in [0, 0.05) is 52.8 Å². The molecule has 0 saturated heterocycles. The first-order valence-electron chi connectivity index (χ1n) is 16.8. The zero-order valence-corrected chi connectivity index (χ0v) is 27.8. The van der Waals surface area contributed by atoms with Crippen LogP contribution in [0.5, 0.6) is 0 Å². The van der Waals surface area contributed by atoms with E-state index in [2.05, 4.69) is 91.0 Å². The molecule has 4 aromatic heterocycles. The molecule has 7 aromatic carbocycles. The van der Waals surface area contributed by atoms with E-state index in [-0.39, 0.29) is 0 Å². The second-order valence-electron chi connectivity index (χ2n) is 12.8. The Morgan fingerprint density at radius 1 is 0.353 bits per heavy atom. The van der Waals surface area contributed by atoms with Crippen molar-refractivity contribution in [1.29, 1.82) is 0 Å². The molecule has 0 spiro atoms. The summed E-state index contributed by atoms with van der Waals surface area (Å²) in [5.74, 6) is 1.80. The summed E-state index contributed by atoms with van der Waals surface area (Å²) in [4.78, 5) is 15.2. The van der Waals surface area contributed by atoms with Crippen molar-refractivity contribution in [1.82, 2.24) is 15.0 Å². The number of para-hydroxylation sites is 2. The Morgan fingerprint density at radius 3 is 1.78 bits per heavy atom. The van der Waals surface area contributed by atoms with E-state index >= 15 is 0 Å². The van der Waals surface area contributed by atoms with Gasteiger partial charge in [-0.05, 0) is 59.7 Å². The molecule has 0 atom stereocenters. The Labute approximate surface area is 295 Å². The first-order chi connectivity index (χ1) is 25.2. The van der Waals surface area contributed by atoms with Gasteiger partial charge in [-0.25, -0.2) is 15.0 Å². The number of hydrogen-bond donors (Lipinski definition) is 0. The highest BCUT2D eigenvalue weighted by Crippen LogP contribution is 2.40. The molecule has 0 saturated carbocycles. The molecule has 4 heterocycles. The summed E-state index contributed by atoms with van der Waals surface area (Å²) in [5, 5.41) is 6.78. The molecule has 238 valence electrons. The molecule has 11 aromatic rings. The van der Waals surface area contributed by atoms with Gasteiger partial charge in [0.2, 0.25) is 0 Å². The van der Waals surface area contributed by atoms with Crippen molar-refractivity contribution in [3.05, 3.63) is 152 Å². The normalized spacial score (nSPS) is 11.9. The summed E-state index contributed by atoms with van der Waals surface area (Å²) in [5.41, 5.74) is 8.10. The minimum absolute atomic E-state index is 0.565. The van der Waals surface area contributed by atoms with Crippen molar-refractivity contribution >= 4 is 75.4 Å². The maximum atomic E-state index is 6.70. The minimum Gasteiger partial charge on any atom is -0.456 e. The van der Waals surface area contributed by atoms with Crippen LogP contribution < -0.4 is 0 Å². The standard InChI is InChI=1S/C45H25N3O2S/c1-2-9-26(10-3-1)43-46-44(29-19-22-34-33-12-5-7-16-40(33)51-41(34)25-29)48-45(47-43)36-14-8-13-35-32-21-18-28(24-39(32)50-42(35)36)27-17-20-31-30-11-4-6-15-37(30)49-38(31)23-27/h1-25H. The molecular weight excluding hydrogens is 647 g/mol. The van der Waals surface area contributed by atoms with E-state index in [1.54, 1.807) is 11.3 Å². The fourth-order valence-electron chi connectivity index (χ4n) is 7.27. The highest BCUT2D eigenvalue weighted by Gasteiger charge is 2.19. The number of hydrogen-bond acceptors (Lipinski definition) is 6. The fraction of sp³-hybridized carbons (Fsp3) is 0. The lowest BCUT2D eigenvalue weighted by Gasteiger charge is -2.09. The maximum Gasteiger partial charge on any atom is 0.167 e.